The van der Waals surface area contributed by atoms with Crippen molar-refractivity contribution in [2.24, 2.45) is 0 Å². The van der Waals surface area contributed by atoms with E-state index in [-0.39, 0.29) is 19.0 Å². The van der Waals surface area contributed by atoms with Gasteiger partial charge < -0.3 is 14.8 Å². The van der Waals surface area contributed by atoms with Crippen LogP contribution in [0.15, 0.2) is 30.3 Å². The third-order valence-electron chi connectivity index (χ3n) is 3.51. The molecule has 3 nitrogen and oxygen atoms in total. The minimum Gasteiger partial charge on any atom is -0.490 e. The van der Waals surface area contributed by atoms with Gasteiger partial charge in [-0.15, -0.1) is 12.4 Å². The molecule has 0 aromatic heterocycles. The van der Waals surface area contributed by atoms with Crippen molar-refractivity contribution >= 4 is 47.2 Å². The van der Waals surface area contributed by atoms with E-state index >= 15 is 0 Å². The lowest BCUT2D eigenvalue weighted by Crippen LogP contribution is -2.14. The van der Waals surface area contributed by atoms with Gasteiger partial charge in [-0.1, -0.05) is 47.8 Å². The highest BCUT2D eigenvalue weighted by molar-refractivity contribution is 6.35. The van der Waals surface area contributed by atoms with Crippen LogP contribution in [-0.4, -0.2) is 13.2 Å². The van der Waals surface area contributed by atoms with Gasteiger partial charge in [0.05, 0.1) is 11.6 Å². The molecule has 0 atom stereocenters. The topological polar surface area (TPSA) is 30.5 Å². The van der Waals surface area contributed by atoms with Crippen LogP contribution in [-0.2, 0) is 13.2 Å². The van der Waals surface area contributed by atoms with E-state index in [1.165, 1.54) is 0 Å². The Labute approximate surface area is 176 Å². The summed E-state index contributed by atoms with van der Waals surface area (Å²) in [7, 11) is 0. The summed E-state index contributed by atoms with van der Waals surface area (Å²) in [5.41, 5.74) is 1.89. The molecule has 0 amide bonds. The molecule has 7 heteroatoms. The van der Waals surface area contributed by atoms with Gasteiger partial charge in [0.2, 0.25) is 0 Å². The van der Waals surface area contributed by atoms with Crippen LogP contribution in [0.4, 0.5) is 0 Å². The number of rotatable bonds is 9. The minimum absolute atomic E-state index is 0. The first-order valence-electron chi connectivity index (χ1n) is 8.27. The average Bonchev–Trinajstić information content (AvgIpc) is 2.56. The maximum atomic E-state index is 6.43. The van der Waals surface area contributed by atoms with Crippen LogP contribution in [0.5, 0.6) is 11.5 Å². The number of halogens is 4. The molecule has 1 N–H and O–H groups in total. The number of benzene rings is 2. The fraction of sp³-hybridized carbons (Fsp3) is 0.368. The van der Waals surface area contributed by atoms with E-state index < -0.39 is 0 Å². The standard InChI is InChI=1S/C19H22Cl3NO2.ClH/c1-3-7-23-11-13-8-17(22)19(18(9-13)24-4-2)25-12-14-5-6-15(20)10-16(14)21;/h5-6,8-10,23H,3-4,7,11-12H2,1-2H3;1H. The Morgan fingerprint density at radius 2 is 1.73 bits per heavy atom. The molecule has 0 aliphatic carbocycles. The van der Waals surface area contributed by atoms with E-state index in [0.29, 0.717) is 33.2 Å². The molecular weight excluding hydrogens is 416 g/mol. The summed E-state index contributed by atoms with van der Waals surface area (Å²) in [6.07, 6.45) is 1.08. The lowest BCUT2D eigenvalue weighted by Gasteiger charge is -2.16. The summed E-state index contributed by atoms with van der Waals surface area (Å²) in [5.74, 6) is 1.15. The summed E-state index contributed by atoms with van der Waals surface area (Å²) >= 11 is 18.5. The fourth-order valence-corrected chi connectivity index (χ4v) is 3.08. The first-order chi connectivity index (χ1) is 12.0. The Morgan fingerprint density at radius 3 is 2.38 bits per heavy atom. The number of hydrogen-bond acceptors (Lipinski definition) is 3. The van der Waals surface area contributed by atoms with Crippen LogP contribution in [0.1, 0.15) is 31.4 Å². The monoisotopic (exact) mass is 437 g/mol. The van der Waals surface area contributed by atoms with E-state index in [1.807, 2.05) is 25.1 Å². The summed E-state index contributed by atoms with van der Waals surface area (Å²) in [5, 5.41) is 5.02. The maximum Gasteiger partial charge on any atom is 0.180 e. The van der Waals surface area contributed by atoms with Gasteiger partial charge in [-0.05, 0) is 49.7 Å². The molecule has 0 unspecified atom stereocenters. The van der Waals surface area contributed by atoms with E-state index in [0.717, 1.165) is 30.6 Å². The SMILES string of the molecule is CCCNCc1cc(Cl)c(OCc2ccc(Cl)cc2Cl)c(OCC)c1.Cl. The smallest absolute Gasteiger partial charge is 0.180 e. The molecule has 144 valence electrons. The number of nitrogens with one attached hydrogen (secondary N) is 1. The zero-order chi connectivity index (χ0) is 18.2. The second-order valence-electron chi connectivity index (χ2n) is 5.54. The molecule has 0 radical (unpaired) electrons. The lowest BCUT2D eigenvalue weighted by atomic mass is 10.2. The average molecular weight is 439 g/mol. The first-order valence-corrected chi connectivity index (χ1v) is 9.41. The van der Waals surface area contributed by atoms with Crippen LogP contribution < -0.4 is 14.8 Å². The zero-order valence-electron chi connectivity index (χ0n) is 14.8. The zero-order valence-corrected chi connectivity index (χ0v) is 17.9. The Bertz CT molecular complexity index is 710. The molecule has 0 heterocycles. The van der Waals surface area contributed by atoms with Crippen LogP contribution in [0, 0.1) is 0 Å². The maximum absolute atomic E-state index is 6.43. The minimum atomic E-state index is 0. The normalized spacial score (nSPS) is 10.3. The Kier molecular flexibility index (Phi) is 10.5. The van der Waals surface area contributed by atoms with Crippen LogP contribution >= 0.6 is 47.2 Å². The predicted molar refractivity (Wildman–Crippen MR) is 113 cm³/mol. The highest BCUT2D eigenvalue weighted by Gasteiger charge is 2.14. The van der Waals surface area contributed by atoms with Gasteiger partial charge in [-0.25, -0.2) is 0 Å². The fourth-order valence-electron chi connectivity index (χ4n) is 2.32. The van der Waals surface area contributed by atoms with Gasteiger partial charge in [0.1, 0.15) is 6.61 Å². The third-order valence-corrected chi connectivity index (χ3v) is 4.38. The Morgan fingerprint density at radius 1 is 0.962 bits per heavy atom. The second kappa shape index (κ2) is 11.8. The molecule has 0 spiro atoms. The van der Waals surface area contributed by atoms with Crippen molar-refractivity contribution in [3.8, 4) is 11.5 Å². The van der Waals surface area contributed by atoms with E-state index in [1.54, 1.807) is 12.1 Å². The molecule has 2 aromatic carbocycles. The van der Waals surface area contributed by atoms with E-state index in [2.05, 4.69) is 12.2 Å². The first kappa shape index (κ1) is 23.2. The molecular formula is C19H23Cl4NO2. The van der Waals surface area contributed by atoms with Gasteiger partial charge in [0, 0.05) is 22.2 Å². The number of ether oxygens (including phenoxy) is 2. The van der Waals surface area contributed by atoms with Crippen molar-refractivity contribution in [3.63, 3.8) is 0 Å². The van der Waals surface area contributed by atoms with Crippen molar-refractivity contribution in [3.05, 3.63) is 56.5 Å². The van der Waals surface area contributed by atoms with Crippen molar-refractivity contribution in [1.82, 2.24) is 5.32 Å². The van der Waals surface area contributed by atoms with Gasteiger partial charge >= 0.3 is 0 Å². The molecule has 0 bridgehead atoms. The molecule has 0 saturated carbocycles. The molecule has 2 aromatic rings. The Hall–Kier alpha value is -0.840. The van der Waals surface area contributed by atoms with Crippen molar-refractivity contribution in [2.75, 3.05) is 13.2 Å². The van der Waals surface area contributed by atoms with Crippen LogP contribution in [0.25, 0.3) is 0 Å². The highest BCUT2D eigenvalue weighted by Crippen LogP contribution is 2.37. The predicted octanol–water partition coefficient (Wildman–Crippen LogP) is 6.55. The molecule has 26 heavy (non-hydrogen) atoms. The van der Waals surface area contributed by atoms with Gasteiger partial charge in [-0.3, -0.25) is 0 Å². The molecule has 0 aliphatic rings. The van der Waals surface area contributed by atoms with Crippen LogP contribution in [0.3, 0.4) is 0 Å². The van der Waals surface area contributed by atoms with Crippen molar-refractivity contribution in [1.29, 1.82) is 0 Å². The van der Waals surface area contributed by atoms with E-state index in [9.17, 15) is 0 Å². The molecule has 0 fully saturated rings. The molecule has 2 rings (SSSR count). The summed E-state index contributed by atoms with van der Waals surface area (Å²) in [6, 6.07) is 9.15. The van der Waals surface area contributed by atoms with Crippen molar-refractivity contribution in [2.45, 2.75) is 33.4 Å². The number of hydrogen-bond donors (Lipinski definition) is 1. The molecule has 0 aliphatic heterocycles. The third kappa shape index (κ3) is 6.71. The van der Waals surface area contributed by atoms with Crippen molar-refractivity contribution < 1.29 is 9.47 Å². The lowest BCUT2D eigenvalue weighted by molar-refractivity contribution is 0.269. The van der Waals surface area contributed by atoms with Gasteiger partial charge in [0.25, 0.3) is 0 Å². The summed E-state index contributed by atoms with van der Waals surface area (Å²) in [4.78, 5) is 0. The second-order valence-corrected chi connectivity index (χ2v) is 6.79. The quantitative estimate of drug-likeness (QED) is 0.450. The highest BCUT2D eigenvalue weighted by atomic mass is 35.5. The van der Waals surface area contributed by atoms with E-state index in [4.69, 9.17) is 44.3 Å². The van der Waals surface area contributed by atoms with Gasteiger partial charge in [0.15, 0.2) is 11.5 Å². The summed E-state index contributed by atoms with van der Waals surface area (Å²) < 4.78 is 11.6. The van der Waals surface area contributed by atoms with Gasteiger partial charge in [-0.2, -0.15) is 0 Å². The molecule has 0 saturated heterocycles. The summed E-state index contributed by atoms with van der Waals surface area (Å²) in [6.45, 7) is 6.55. The largest absolute Gasteiger partial charge is 0.490 e. The van der Waals surface area contributed by atoms with Crippen LogP contribution in [0.2, 0.25) is 15.1 Å². The Balaban J connectivity index is 0.00000338.